The maximum absolute atomic E-state index is 13.5. The molecule has 6 heteroatoms. The molecule has 0 saturated heterocycles. The van der Waals surface area contributed by atoms with Crippen LogP contribution in [0.4, 0.5) is 14.5 Å². The van der Waals surface area contributed by atoms with E-state index in [0.717, 1.165) is 23.9 Å². The second-order valence-corrected chi connectivity index (χ2v) is 5.78. The molecule has 0 spiro atoms. The highest BCUT2D eigenvalue weighted by Crippen LogP contribution is 2.23. The summed E-state index contributed by atoms with van der Waals surface area (Å²) in [7, 11) is 0. The van der Waals surface area contributed by atoms with Crippen molar-refractivity contribution in [2.75, 3.05) is 11.1 Å². The lowest BCUT2D eigenvalue weighted by molar-refractivity contribution is -0.115. The topological polar surface area (TPSA) is 46.2 Å². The molecule has 0 unspecified atom stereocenters. The fraction of sp³-hybridized carbons (Fsp3) is 0.176. The fourth-order valence-corrected chi connectivity index (χ4v) is 2.62. The number of Topliss-reactive ketones (excluding diaryl/α,β-unsaturated/α-hetero) is 1. The molecule has 0 aliphatic heterocycles. The van der Waals surface area contributed by atoms with Crippen LogP contribution in [0.3, 0.4) is 0 Å². The Morgan fingerprint density at radius 1 is 1.09 bits per heavy atom. The van der Waals surface area contributed by atoms with Gasteiger partial charge in [-0.2, -0.15) is 0 Å². The van der Waals surface area contributed by atoms with Gasteiger partial charge in [0, 0.05) is 28.6 Å². The van der Waals surface area contributed by atoms with E-state index in [-0.39, 0.29) is 22.3 Å². The second-order valence-electron chi connectivity index (χ2n) is 4.77. The maximum atomic E-state index is 13.5. The zero-order valence-corrected chi connectivity index (χ0v) is 13.3. The van der Waals surface area contributed by atoms with Crippen LogP contribution >= 0.6 is 11.8 Å². The van der Waals surface area contributed by atoms with Gasteiger partial charge in [0.25, 0.3) is 0 Å². The lowest BCUT2D eigenvalue weighted by Gasteiger charge is -2.06. The average Bonchev–Trinajstić information content (AvgIpc) is 2.54. The standard InChI is InChI=1S/C17H15F2NO2S/c1-2-17(22)20-13-6-3-11(4-7-13)15(21)10-23-16-8-5-12(18)9-14(16)19/h3-9H,2,10H2,1H3,(H,20,22). The lowest BCUT2D eigenvalue weighted by Crippen LogP contribution is -2.09. The monoisotopic (exact) mass is 335 g/mol. The number of benzene rings is 2. The number of halogens is 2. The molecular formula is C17H15F2NO2S. The highest BCUT2D eigenvalue weighted by molar-refractivity contribution is 8.00. The van der Waals surface area contributed by atoms with Crippen molar-refractivity contribution in [2.45, 2.75) is 18.2 Å². The molecule has 1 amide bonds. The molecule has 0 atom stereocenters. The largest absolute Gasteiger partial charge is 0.326 e. The Hall–Kier alpha value is -2.21. The van der Waals surface area contributed by atoms with E-state index in [9.17, 15) is 18.4 Å². The third-order valence-corrected chi connectivity index (χ3v) is 4.11. The predicted molar refractivity (Wildman–Crippen MR) is 86.8 cm³/mol. The third kappa shape index (κ3) is 4.89. The van der Waals surface area contributed by atoms with Crippen LogP contribution in [0.15, 0.2) is 47.4 Å². The number of amides is 1. The Kier molecular flexibility index (Phi) is 5.87. The zero-order valence-electron chi connectivity index (χ0n) is 12.4. The normalized spacial score (nSPS) is 10.4. The molecule has 23 heavy (non-hydrogen) atoms. The number of anilines is 1. The van der Waals surface area contributed by atoms with Crippen molar-refractivity contribution in [1.29, 1.82) is 0 Å². The molecule has 0 aliphatic carbocycles. The number of nitrogens with one attached hydrogen (secondary N) is 1. The van der Waals surface area contributed by atoms with Gasteiger partial charge < -0.3 is 5.32 Å². The van der Waals surface area contributed by atoms with E-state index < -0.39 is 11.6 Å². The number of carbonyl (C=O) groups is 2. The van der Waals surface area contributed by atoms with Crippen molar-refractivity contribution >= 4 is 29.1 Å². The van der Waals surface area contributed by atoms with E-state index in [1.165, 1.54) is 6.07 Å². The number of carbonyl (C=O) groups excluding carboxylic acids is 2. The molecule has 0 saturated carbocycles. The third-order valence-electron chi connectivity index (χ3n) is 3.06. The van der Waals surface area contributed by atoms with Gasteiger partial charge in [-0.3, -0.25) is 9.59 Å². The fourth-order valence-electron chi connectivity index (χ4n) is 1.81. The number of ketones is 1. The van der Waals surface area contributed by atoms with Crippen LogP contribution in [-0.4, -0.2) is 17.4 Å². The highest BCUT2D eigenvalue weighted by Gasteiger charge is 2.10. The van der Waals surface area contributed by atoms with Gasteiger partial charge in [-0.1, -0.05) is 6.92 Å². The van der Waals surface area contributed by atoms with Gasteiger partial charge >= 0.3 is 0 Å². The zero-order chi connectivity index (χ0) is 16.8. The first kappa shape index (κ1) is 17.1. The molecule has 0 bridgehead atoms. The molecule has 0 radical (unpaired) electrons. The van der Waals surface area contributed by atoms with Gasteiger partial charge in [0.2, 0.25) is 5.91 Å². The summed E-state index contributed by atoms with van der Waals surface area (Å²) in [5, 5.41) is 2.69. The van der Waals surface area contributed by atoms with Crippen molar-refractivity contribution < 1.29 is 18.4 Å². The molecule has 0 fully saturated rings. The van der Waals surface area contributed by atoms with Crippen LogP contribution in [-0.2, 0) is 4.79 Å². The summed E-state index contributed by atoms with van der Waals surface area (Å²) in [5.41, 5.74) is 1.08. The summed E-state index contributed by atoms with van der Waals surface area (Å²) >= 11 is 1.02. The number of hydrogen-bond donors (Lipinski definition) is 1. The summed E-state index contributed by atoms with van der Waals surface area (Å²) in [6.07, 6.45) is 0.376. The summed E-state index contributed by atoms with van der Waals surface area (Å²) in [5.74, 6) is -1.56. The van der Waals surface area contributed by atoms with E-state index in [1.54, 1.807) is 31.2 Å². The van der Waals surface area contributed by atoms with Crippen LogP contribution in [0.1, 0.15) is 23.7 Å². The quantitative estimate of drug-likeness (QED) is 0.633. The molecule has 2 aromatic rings. The summed E-state index contributed by atoms with van der Waals surface area (Å²) < 4.78 is 26.3. The van der Waals surface area contributed by atoms with Crippen molar-refractivity contribution in [1.82, 2.24) is 0 Å². The molecule has 2 rings (SSSR count). The molecule has 120 valence electrons. The van der Waals surface area contributed by atoms with Crippen LogP contribution in [0.2, 0.25) is 0 Å². The van der Waals surface area contributed by atoms with Gasteiger partial charge in [0.05, 0.1) is 5.75 Å². The van der Waals surface area contributed by atoms with E-state index in [4.69, 9.17) is 0 Å². The minimum atomic E-state index is -0.680. The second kappa shape index (κ2) is 7.87. The SMILES string of the molecule is CCC(=O)Nc1ccc(C(=O)CSc2ccc(F)cc2F)cc1. The van der Waals surface area contributed by atoms with Gasteiger partial charge in [-0.05, 0) is 36.4 Å². The molecule has 0 aliphatic rings. The van der Waals surface area contributed by atoms with Crippen molar-refractivity contribution in [2.24, 2.45) is 0 Å². The van der Waals surface area contributed by atoms with E-state index in [2.05, 4.69) is 5.32 Å². The minimum Gasteiger partial charge on any atom is -0.326 e. The predicted octanol–water partition coefficient (Wildman–Crippen LogP) is 4.29. The summed E-state index contributed by atoms with van der Waals surface area (Å²) in [6, 6.07) is 9.75. The molecule has 2 aromatic carbocycles. The highest BCUT2D eigenvalue weighted by atomic mass is 32.2. The van der Waals surface area contributed by atoms with Crippen LogP contribution in [0.5, 0.6) is 0 Å². The van der Waals surface area contributed by atoms with E-state index >= 15 is 0 Å². The number of rotatable bonds is 6. The number of hydrogen-bond acceptors (Lipinski definition) is 3. The van der Waals surface area contributed by atoms with Crippen LogP contribution < -0.4 is 5.32 Å². The Labute approximate surface area is 137 Å². The average molecular weight is 335 g/mol. The smallest absolute Gasteiger partial charge is 0.224 e. The molecule has 3 nitrogen and oxygen atoms in total. The van der Waals surface area contributed by atoms with Gasteiger partial charge in [0.15, 0.2) is 5.78 Å². The van der Waals surface area contributed by atoms with E-state index in [0.29, 0.717) is 17.7 Å². The number of thioether (sulfide) groups is 1. The Balaban J connectivity index is 1.96. The Bertz CT molecular complexity index is 717. The molecular weight excluding hydrogens is 320 g/mol. The summed E-state index contributed by atoms with van der Waals surface area (Å²) in [4.78, 5) is 23.6. The van der Waals surface area contributed by atoms with Gasteiger partial charge in [0.1, 0.15) is 11.6 Å². The van der Waals surface area contributed by atoms with Crippen molar-refractivity contribution in [3.05, 3.63) is 59.7 Å². The first-order valence-corrected chi connectivity index (χ1v) is 7.99. The molecule has 0 aromatic heterocycles. The van der Waals surface area contributed by atoms with Gasteiger partial charge in [-0.15, -0.1) is 11.8 Å². The minimum absolute atomic E-state index is 0.0449. The lowest BCUT2D eigenvalue weighted by atomic mass is 10.1. The Morgan fingerprint density at radius 3 is 2.39 bits per heavy atom. The first-order chi connectivity index (χ1) is 11.0. The van der Waals surface area contributed by atoms with Crippen LogP contribution in [0.25, 0.3) is 0 Å². The molecule has 1 N–H and O–H groups in total. The van der Waals surface area contributed by atoms with E-state index in [1.807, 2.05) is 0 Å². The van der Waals surface area contributed by atoms with Crippen LogP contribution in [0, 0.1) is 11.6 Å². The van der Waals surface area contributed by atoms with Crippen molar-refractivity contribution in [3.8, 4) is 0 Å². The van der Waals surface area contributed by atoms with Gasteiger partial charge in [-0.25, -0.2) is 8.78 Å². The summed E-state index contributed by atoms with van der Waals surface area (Å²) in [6.45, 7) is 1.75. The van der Waals surface area contributed by atoms with Crippen molar-refractivity contribution in [3.63, 3.8) is 0 Å². The molecule has 0 heterocycles. The maximum Gasteiger partial charge on any atom is 0.224 e. The first-order valence-electron chi connectivity index (χ1n) is 7.00. The Morgan fingerprint density at radius 2 is 1.78 bits per heavy atom.